The highest BCUT2D eigenvalue weighted by atomic mass is 16.5. The lowest BCUT2D eigenvalue weighted by atomic mass is 10.1. The van der Waals surface area contributed by atoms with Crippen molar-refractivity contribution in [3.63, 3.8) is 0 Å². The molecule has 0 unspecified atom stereocenters. The van der Waals surface area contributed by atoms with E-state index in [1.54, 1.807) is 0 Å². The second-order valence-corrected chi connectivity index (χ2v) is 6.21. The van der Waals surface area contributed by atoms with E-state index in [1.165, 1.54) is 12.8 Å². The predicted octanol–water partition coefficient (Wildman–Crippen LogP) is 4.16. The molecule has 0 saturated carbocycles. The highest BCUT2D eigenvalue weighted by Crippen LogP contribution is 2.22. The van der Waals surface area contributed by atoms with Gasteiger partial charge in [-0.1, -0.05) is 43.2 Å². The van der Waals surface area contributed by atoms with Gasteiger partial charge >= 0.3 is 0 Å². The molecule has 0 aliphatic carbocycles. The maximum Gasteiger partial charge on any atom is 0.257 e. The summed E-state index contributed by atoms with van der Waals surface area (Å²) in [4.78, 5) is 14.8. The lowest BCUT2D eigenvalue weighted by Gasteiger charge is -2.21. The molecular weight excluding hydrogens is 314 g/mol. The van der Waals surface area contributed by atoms with E-state index in [4.69, 9.17) is 9.47 Å². The van der Waals surface area contributed by atoms with E-state index in [-0.39, 0.29) is 5.91 Å². The molecule has 1 fully saturated rings. The first-order valence-corrected chi connectivity index (χ1v) is 9.03. The number of benzene rings is 2. The molecule has 1 heterocycles. The first kappa shape index (κ1) is 17.3. The quantitative estimate of drug-likeness (QED) is 0.742. The molecule has 2 aromatic rings. The van der Waals surface area contributed by atoms with Crippen molar-refractivity contribution >= 4 is 5.91 Å². The van der Waals surface area contributed by atoms with Gasteiger partial charge in [0, 0.05) is 13.1 Å². The molecule has 0 spiro atoms. The van der Waals surface area contributed by atoms with Gasteiger partial charge in [-0.05, 0) is 37.1 Å². The lowest BCUT2D eigenvalue weighted by molar-refractivity contribution is 0.0756. The van der Waals surface area contributed by atoms with E-state index >= 15 is 0 Å². The molecule has 1 aliphatic rings. The van der Waals surface area contributed by atoms with Crippen molar-refractivity contribution in [3.8, 4) is 11.5 Å². The van der Waals surface area contributed by atoms with Crippen LogP contribution in [0.2, 0.25) is 0 Å². The van der Waals surface area contributed by atoms with E-state index in [1.807, 2.05) is 59.5 Å². The molecule has 2 aromatic carbocycles. The van der Waals surface area contributed by atoms with Gasteiger partial charge in [-0.15, -0.1) is 0 Å². The molecule has 3 rings (SSSR count). The molecule has 0 radical (unpaired) electrons. The smallest absolute Gasteiger partial charge is 0.257 e. The minimum atomic E-state index is 0.0708. The van der Waals surface area contributed by atoms with Gasteiger partial charge in [0.25, 0.3) is 5.91 Å². The maximum absolute atomic E-state index is 12.8. The number of likely N-dealkylation sites (tertiary alicyclic amines) is 1. The number of nitrogens with zero attached hydrogens (tertiary/aromatic N) is 1. The number of hydrogen-bond donors (Lipinski definition) is 0. The van der Waals surface area contributed by atoms with Crippen molar-refractivity contribution in [1.82, 2.24) is 4.90 Å². The average molecular weight is 339 g/mol. The number of para-hydroxylation sites is 2. The number of amides is 1. The Hall–Kier alpha value is -2.49. The Labute approximate surface area is 149 Å². The molecule has 1 amide bonds. The van der Waals surface area contributed by atoms with Crippen LogP contribution in [0.1, 0.15) is 36.0 Å². The minimum Gasteiger partial charge on any atom is -0.490 e. The normalized spacial score (nSPS) is 14.6. The summed E-state index contributed by atoms with van der Waals surface area (Å²) >= 11 is 0. The molecule has 0 bridgehead atoms. The summed E-state index contributed by atoms with van der Waals surface area (Å²) in [5.74, 6) is 1.52. The van der Waals surface area contributed by atoms with Gasteiger partial charge in [0.1, 0.15) is 24.7 Å². The van der Waals surface area contributed by atoms with Crippen LogP contribution in [0.3, 0.4) is 0 Å². The summed E-state index contributed by atoms with van der Waals surface area (Å²) in [6.07, 6.45) is 4.58. The van der Waals surface area contributed by atoms with Crippen molar-refractivity contribution in [2.75, 3.05) is 26.3 Å². The Balaban J connectivity index is 1.57. The molecule has 4 nitrogen and oxygen atoms in total. The molecule has 25 heavy (non-hydrogen) atoms. The van der Waals surface area contributed by atoms with E-state index in [2.05, 4.69) is 0 Å². The van der Waals surface area contributed by atoms with Gasteiger partial charge < -0.3 is 14.4 Å². The van der Waals surface area contributed by atoms with Crippen LogP contribution in [-0.2, 0) is 0 Å². The van der Waals surface area contributed by atoms with E-state index in [0.717, 1.165) is 31.7 Å². The third kappa shape index (κ3) is 4.99. The van der Waals surface area contributed by atoms with Gasteiger partial charge in [0.2, 0.25) is 0 Å². The summed E-state index contributed by atoms with van der Waals surface area (Å²) < 4.78 is 11.5. The van der Waals surface area contributed by atoms with Crippen LogP contribution in [0.15, 0.2) is 54.6 Å². The Morgan fingerprint density at radius 3 is 2.20 bits per heavy atom. The fraction of sp³-hybridized carbons (Fsp3) is 0.381. The van der Waals surface area contributed by atoms with Crippen LogP contribution in [0.5, 0.6) is 11.5 Å². The van der Waals surface area contributed by atoms with Crippen molar-refractivity contribution in [2.45, 2.75) is 25.7 Å². The number of hydrogen-bond acceptors (Lipinski definition) is 3. The Bertz CT molecular complexity index is 664. The second kappa shape index (κ2) is 9.11. The average Bonchev–Trinajstić information content (AvgIpc) is 2.95. The Morgan fingerprint density at radius 1 is 0.800 bits per heavy atom. The van der Waals surface area contributed by atoms with Crippen LogP contribution < -0.4 is 9.47 Å². The van der Waals surface area contributed by atoms with Crippen molar-refractivity contribution < 1.29 is 14.3 Å². The molecule has 1 aliphatic heterocycles. The summed E-state index contributed by atoms with van der Waals surface area (Å²) in [5, 5.41) is 0. The number of rotatable bonds is 6. The summed E-state index contributed by atoms with van der Waals surface area (Å²) in [6.45, 7) is 2.52. The molecule has 132 valence electrons. The standard InChI is InChI=1S/C21H25NO3/c23-21(22-14-8-1-2-9-15-22)19-12-6-7-13-20(19)25-17-16-24-18-10-4-3-5-11-18/h3-7,10-13H,1-2,8-9,14-17H2. The minimum absolute atomic E-state index is 0.0708. The largest absolute Gasteiger partial charge is 0.490 e. The van der Waals surface area contributed by atoms with Crippen LogP contribution in [0, 0.1) is 0 Å². The summed E-state index contributed by atoms with van der Waals surface area (Å²) in [5.41, 5.74) is 0.643. The zero-order valence-corrected chi connectivity index (χ0v) is 14.5. The van der Waals surface area contributed by atoms with Gasteiger partial charge in [-0.25, -0.2) is 0 Å². The third-order valence-corrected chi connectivity index (χ3v) is 4.36. The SMILES string of the molecule is O=C(c1ccccc1OCCOc1ccccc1)N1CCCCCC1. The monoisotopic (exact) mass is 339 g/mol. The number of carbonyl (C=O) groups is 1. The zero-order valence-electron chi connectivity index (χ0n) is 14.5. The molecule has 4 heteroatoms. The first-order chi connectivity index (χ1) is 12.3. The van der Waals surface area contributed by atoms with Crippen molar-refractivity contribution in [3.05, 3.63) is 60.2 Å². The van der Waals surface area contributed by atoms with Gasteiger partial charge in [0.15, 0.2) is 0 Å². The van der Waals surface area contributed by atoms with Crippen molar-refractivity contribution in [1.29, 1.82) is 0 Å². The van der Waals surface area contributed by atoms with Gasteiger partial charge in [-0.2, -0.15) is 0 Å². The first-order valence-electron chi connectivity index (χ1n) is 9.03. The molecule has 0 aromatic heterocycles. The van der Waals surface area contributed by atoms with E-state index in [9.17, 15) is 4.79 Å². The third-order valence-electron chi connectivity index (χ3n) is 4.36. The summed E-state index contributed by atoms with van der Waals surface area (Å²) in [6, 6.07) is 17.1. The highest BCUT2D eigenvalue weighted by Gasteiger charge is 2.20. The fourth-order valence-corrected chi connectivity index (χ4v) is 3.04. The molecule has 0 N–H and O–H groups in total. The second-order valence-electron chi connectivity index (χ2n) is 6.21. The Morgan fingerprint density at radius 2 is 1.44 bits per heavy atom. The van der Waals surface area contributed by atoms with Crippen LogP contribution in [-0.4, -0.2) is 37.1 Å². The van der Waals surface area contributed by atoms with E-state index in [0.29, 0.717) is 24.5 Å². The van der Waals surface area contributed by atoms with Crippen LogP contribution in [0.25, 0.3) is 0 Å². The fourth-order valence-electron chi connectivity index (χ4n) is 3.04. The van der Waals surface area contributed by atoms with Gasteiger partial charge in [0.05, 0.1) is 5.56 Å². The number of ether oxygens (including phenoxy) is 2. The van der Waals surface area contributed by atoms with Crippen molar-refractivity contribution in [2.24, 2.45) is 0 Å². The predicted molar refractivity (Wildman–Crippen MR) is 98.2 cm³/mol. The summed E-state index contributed by atoms with van der Waals surface area (Å²) in [7, 11) is 0. The lowest BCUT2D eigenvalue weighted by Crippen LogP contribution is -2.32. The molecular formula is C21H25NO3. The Kier molecular flexibility index (Phi) is 6.32. The van der Waals surface area contributed by atoms with Crippen LogP contribution in [0.4, 0.5) is 0 Å². The molecule has 1 saturated heterocycles. The van der Waals surface area contributed by atoms with E-state index < -0.39 is 0 Å². The molecule has 0 atom stereocenters. The zero-order chi connectivity index (χ0) is 17.3. The number of carbonyl (C=O) groups excluding carboxylic acids is 1. The highest BCUT2D eigenvalue weighted by molar-refractivity contribution is 5.97. The van der Waals surface area contributed by atoms with Crippen LogP contribution >= 0.6 is 0 Å². The van der Waals surface area contributed by atoms with Gasteiger partial charge in [-0.3, -0.25) is 4.79 Å². The topological polar surface area (TPSA) is 38.8 Å². The maximum atomic E-state index is 12.8.